The first-order valence-electron chi connectivity index (χ1n) is 32.0. The number of piperidine rings is 2. The van der Waals surface area contributed by atoms with E-state index in [-0.39, 0.29) is 22.9 Å². The Hall–Kier alpha value is -6.75. The average molecular weight is 1280 g/mol. The molecule has 0 amide bonds. The molecule has 6 aromatic heterocycles. The normalized spacial score (nSPS) is 17.2. The standard InChI is InChI=1S/2C36H46N6OSSi/c2*1-26-20-38-35(39-29-19-36(2,3)24-41(22-29)21-27-10-8-7-9-11-27)40-33(26)31-23-42(25-43-15-17-45(4,5)6)32-18-28(12-13-30(31)32)34-37-14-16-44-34/h2*7-14,16,18,20,23,29H,15,17,19,21-22,24-25H2,1-6H3,(H,38,39,40)/t2*29-/m00/s1. The van der Waals surface area contributed by atoms with Gasteiger partial charge < -0.3 is 29.2 Å². The zero-order valence-corrected chi connectivity index (χ0v) is 58.6. The van der Waals surface area contributed by atoms with Gasteiger partial charge in [0, 0.05) is 162 Å². The Kier molecular flexibility index (Phi) is 20.2. The van der Waals surface area contributed by atoms with Crippen LogP contribution in [0, 0.1) is 24.7 Å². The van der Waals surface area contributed by atoms with Crippen molar-refractivity contribution in [1.29, 1.82) is 0 Å². The Labute approximate surface area is 543 Å². The molecule has 0 unspecified atom stereocenters. The van der Waals surface area contributed by atoms with Crippen LogP contribution in [-0.2, 0) is 36.0 Å². The van der Waals surface area contributed by atoms with Gasteiger partial charge >= 0.3 is 0 Å². The molecule has 472 valence electrons. The zero-order valence-electron chi connectivity index (χ0n) is 55.0. The molecule has 18 heteroatoms. The molecule has 0 spiro atoms. The quantitative estimate of drug-likeness (QED) is 0.0494. The highest BCUT2D eigenvalue weighted by Gasteiger charge is 2.35. The highest BCUT2D eigenvalue weighted by atomic mass is 32.1. The molecule has 2 aliphatic rings. The van der Waals surface area contributed by atoms with E-state index < -0.39 is 16.1 Å². The predicted octanol–water partition coefficient (Wildman–Crippen LogP) is 17.1. The molecule has 2 N–H and O–H groups in total. The molecule has 2 aliphatic heterocycles. The lowest BCUT2D eigenvalue weighted by atomic mass is 9.81. The molecule has 0 bridgehead atoms. The van der Waals surface area contributed by atoms with Crippen LogP contribution in [-0.4, -0.2) is 116 Å². The summed E-state index contributed by atoms with van der Waals surface area (Å²) in [6.45, 7) is 36.5. The maximum absolute atomic E-state index is 6.25. The SMILES string of the molecule is Cc1cnc(N[C@@H]2CN(Cc3ccccc3)CC(C)(C)C2)nc1-c1cn(COCC[Si](C)(C)C)c2cc(-c3nccs3)ccc12.Cc1cnc(N[C@@H]2CN(Cc3ccccc3)CC(C)(C)C2)nc1-c1cn(COCC[Si](C)(C)C)c2cc(-c3nccs3)ccc12. The largest absolute Gasteiger partial charge is 0.361 e. The van der Waals surface area contributed by atoms with Crippen LogP contribution in [0.3, 0.4) is 0 Å². The molecule has 0 radical (unpaired) electrons. The van der Waals surface area contributed by atoms with Gasteiger partial charge in [-0.15, -0.1) is 22.7 Å². The second kappa shape index (κ2) is 28.0. The number of aromatic nitrogens is 8. The van der Waals surface area contributed by atoms with Gasteiger partial charge in [0.1, 0.15) is 23.5 Å². The van der Waals surface area contributed by atoms with Crippen molar-refractivity contribution in [3.05, 3.63) is 167 Å². The van der Waals surface area contributed by atoms with Crippen molar-refractivity contribution in [1.82, 2.24) is 48.8 Å². The summed E-state index contributed by atoms with van der Waals surface area (Å²) in [4.78, 5) is 34.1. The van der Waals surface area contributed by atoms with Gasteiger partial charge in [0.2, 0.25) is 11.9 Å². The number of likely N-dealkylation sites (tertiary alicyclic amines) is 2. The minimum Gasteiger partial charge on any atom is -0.361 e. The smallest absolute Gasteiger partial charge is 0.223 e. The zero-order chi connectivity index (χ0) is 63.2. The van der Waals surface area contributed by atoms with Crippen molar-refractivity contribution < 1.29 is 9.47 Å². The van der Waals surface area contributed by atoms with E-state index in [2.05, 4.69) is 230 Å². The van der Waals surface area contributed by atoms with Gasteiger partial charge in [-0.1, -0.05) is 152 Å². The van der Waals surface area contributed by atoms with E-state index in [9.17, 15) is 0 Å². The molecule has 90 heavy (non-hydrogen) atoms. The highest BCUT2D eigenvalue weighted by molar-refractivity contribution is 7.13. The van der Waals surface area contributed by atoms with Crippen LogP contribution in [0.5, 0.6) is 0 Å². The van der Waals surface area contributed by atoms with Crippen molar-refractivity contribution >= 4 is 72.5 Å². The summed E-state index contributed by atoms with van der Waals surface area (Å²) >= 11 is 3.32. The van der Waals surface area contributed by atoms with E-state index in [0.717, 1.165) is 154 Å². The number of rotatable bonds is 22. The van der Waals surface area contributed by atoms with Crippen LogP contribution in [0.25, 0.3) is 65.5 Å². The number of anilines is 2. The third-order valence-corrected chi connectivity index (χ3v) is 22.1. The predicted molar refractivity (Wildman–Crippen MR) is 381 cm³/mol. The second-order valence-electron chi connectivity index (χ2n) is 29.0. The number of aryl methyl sites for hydroxylation is 2. The molecular weight excluding hydrogens is 1190 g/mol. The Morgan fingerprint density at radius 1 is 0.544 bits per heavy atom. The third-order valence-electron chi connectivity index (χ3n) is 17.1. The van der Waals surface area contributed by atoms with E-state index in [0.29, 0.717) is 25.4 Å². The van der Waals surface area contributed by atoms with Gasteiger partial charge in [-0.2, -0.15) is 0 Å². The highest BCUT2D eigenvalue weighted by Crippen LogP contribution is 2.39. The van der Waals surface area contributed by atoms with E-state index in [1.807, 2.05) is 35.5 Å². The number of nitrogens with one attached hydrogen (secondary N) is 2. The monoisotopic (exact) mass is 1280 g/mol. The fraction of sp³-hybridized carbons (Fsp3) is 0.417. The van der Waals surface area contributed by atoms with E-state index in [1.165, 1.54) is 11.1 Å². The maximum atomic E-state index is 6.25. The summed E-state index contributed by atoms with van der Waals surface area (Å²) in [7, 11) is -2.35. The van der Waals surface area contributed by atoms with E-state index in [1.54, 1.807) is 22.7 Å². The number of ether oxygens (including phenoxy) is 2. The van der Waals surface area contributed by atoms with Crippen molar-refractivity contribution in [2.75, 3.05) is 50.0 Å². The fourth-order valence-corrected chi connectivity index (χ4v) is 15.6. The molecule has 8 heterocycles. The summed E-state index contributed by atoms with van der Waals surface area (Å²) in [6.07, 6.45) is 14.2. The van der Waals surface area contributed by atoms with Crippen molar-refractivity contribution in [2.45, 2.75) is 144 Å². The number of fused-ring (bicyclic) bond motifs is 2. The van der Waals surface area contributed by atoms with E-state index in [4.69, 9.17) is 29.4 Å². The van der Waals surface area contributed by atoms with Gasteiger partial charge in [-0.05, 0) is 84.0 Å². The van der Waals surface area contributed by atoms with Crippen LogP contribution >= 0.6 is 22.7 Å². The first kappa shape index (κ1) is 64.8. The Bertz CT molecular complexity index is 3710. The van der Waals surface area contributed by atoms with Crippen molar-refractivity contribution in [3.8, 4) is 43.7 Å². The molecular formula is C72H92N12O2S2Si2. The van der Waals surface area contributed by atoms with Crippen LogP contribution in [0.15, 0.2) is 145 Å². The lowest BCUT2D eigenvalue weighted by Crippen LogP contribution is -2.49. The van der Waals surface area contributed by atoms with Crippen LogP contribution in [0.4, 0.5) is 11.9 Å². The second-order valence-corrected chi connectivity index (χ2v) is 42.1. The number of thiazole rings is 2. The lowest BCUT2D eigenvalue weighted by Gasteiger charge is -2.42. The van der Waals surface area contributed by atoms with Gasteiger partial charge in [-0.25, -0.2) is 29.9 Å². The summed E-state index contributed by atoms with van der Waals surface area (Å²) < 4.78 is 16.9. The lowest BCUT2D eigenvalue weighted by molar-refractivity contribution is 0.0902. The maximum Gasteiger partial charge on any atom is 0.223 e. The molecule has 12 rings (SSSR count). The number of hydrogen-bond donors (Lipinski definition) is 2. The van der Waals surface area contributed by atoms with Gasteiger partial charge in [0.15, 0.2) is 0 Å². The molecule has 0 aliphatic carbocycles. The minimum absolute atomic E-state index is 0.191. The number of benzene rings is 4. The first-order valence-corrected chi connectivity index (χ1v) is 41.2. The number of nitrogens with zero attached hydrogens (tertiary/aromatic N) is 10. The van der Waals surface area contributed by atoms with Crippen LogP contribution < -0.4 is 10.6 Å². The molecule has 2 saturated heterocycles. The van der Waals surface area contributed by atoms with Gasteiger partial charge in [0.05, 0.1) is 22.4 Å². The Morgan fingerprint density at radius 3 is 1.33 bits per heavy atom. The summed E-state index contributed by atoms with van der Waals surface area (Å²) in [6, 6.07) is 37.6. The molecule has 2 atom stereocenters. The van der Waals surface area contributed by atoms with Gasteiger partial charge in [-0.3, -0.25) is 9.80 Å². The Balaban J connectivity index is 0.000000185. The summed E-state index contributed by atoms with van der Waals surface area (Å²) in [5.41, 5.74) is 13.8. The minimum atomic E-state index is -1.18. The van der Waals surface area contributed by atoms with Gasteiger partial charge in [0.25, 0.3) is 0 Å². The summed E-state index contributed by atoms with van der Waals surface area (Å²) in [5, 5.41) is 15.9. The number of hydrogen-bond acceptors (Lipinski definition) is 14. The fourth-order valence-electron chi connectivity index (χ4n) is 12.9. The first-order chi connectivity index (χ1) is 43.1. The third kappa shape index (κ3) is 17.0. The van der Waals surface area contributed by atoms with Crippen molar-refractivity contribution in [3.63, 3.8) is 0 Å². The molecule has 14 nitrogen and oxygen atoms in total. The van der Waals surface area contributed by atoms with Crippen LogP contribution in [0.1, 0.15) is 62.8 Å². The van der Waals surface area contributed by atoms with E-state index >= 15 is 0 Å². The molecule has 4 aromatic carbocycles. The Morgan fingerprint density at radius 2 is 0.956 bits per heavy atom. The van der Waals surface area contributed by atoms with Crippen LogP contribution in [0.2, 0.25) is 51.4 Å². The average Bonchev–Trinajstić information content (AvgIpc) is 1.74. The summed E-state index contributed by atoms with van der Waals surface area (Å²) in [5.74, 6) is 1.37. The molecule has 2 fully saturated rings. The topological polar surface area (TPSA) is 136 Å². The molecule has 10 aromatic rings. The molecule has 0 saturated carbocycles. The van der Waals surface area contributed by atoms with Crippen molar-refractivity contribution in [2.24, 2.45) is 10.8 Å².